The minimum absolute atomic E-state index is 0.123. The first kappa shape index (κ1) is 16.7. The zero-order valence-corrected chi connectivity index (χ0v) is 14.2. The van der Waals surface area contributed by atoms with Gasteiger partial charge in [-0.05, 0) is 31.2 Å². The van der Waals surface area contributed by atoms with Gasteiger partial charge in [0.05, 0.1) is 13.2 Å². The average Bonchev–Trinajstić information content (AvgIpc) is 3.11. The summed E-state index contributed by atoms with van der Waals surface area (Å²) in [6.07, 6.45) is 0. The number of carbonyl (C=O) groups excluding carboxylic acids is 1. The molecule has 6 nitrogen and oxygen atoms in total. The predicted molar refractivity (Wildman–Crippen MR) is 93.1 cm³/mol. The zero-order chi connectivity index (χ0) is 17.6. The Bertz CT molecular complexity index is 829. The molecule has 0 bridgehead atoms. The van der Waals surface area contributed by atoms with Gasteiger partial charge in [-0.15, -0.1) is 0 Å². The monoisotopic (exact) mass is 337 g/mol. The molecule has 0 aliphatic carbocycles. The summed E-state index contributed by atoms with van der Waals surface area (Å²) in [5, 5.41) is 3.96. The molecular formula is C19H19N3O3. The van der Waals surface area contributed by atoms with E-state index in [9.17, 15) is 4.79 Å². The van der Waals surface area contributed by atoms with Crippen molar-refractivity contribution in [3.05, 3.63) is 66.1 Å². The van der Waals surface area contributed by atoms with Crippen LogP contribution in [0, 0.1) is 0 Å². The number of hydrogen-bond donors (Lipinski definition) is 0. The van der Waals surface area contributed by atoms with Gasteiger partial charge in [0.15, 0.2) is 0 Å². The molecule has 1 aromatic heterocycles. The zero-order valence-electron chi connectivity index (χ0n) is 14.2. The molecule has 128 valence electrons. The lowest BCUT2D eigenvalue weighted by Gasteiger charge is -2.15. The summed E-state index contributed by atoms with van der Waals surface area (Å²) in [6, 6.07) is 16.6. The molecule has 0 saturated carbocycles. The molecule has 2 aromatic carbocycles. The lowest BCUT2D eigenvalue weighted by Crippen LogP contribution is -2.26. The van der Waals surface area contributed by atoms with Crippen LogP contribution in [0.25, 0.3) is 11.4 Å². The first-order valence-electron chi connectivity index (χ1n) is 8.03. The number of hydrogen-bond acceptors (Lipinski definition) is 5. The third kappa shape index (κ3) is 4.03. The smallest absolute Gasteiger partial charge is 0.254 e. The first-order valence-corrected chi connectivity index (χ1v) is 8.03. The van der Waals surface area contributed by atoms with Crippen LogP contribution in [0.2, 0.25) is 0 Å². The van der Waals surface area contributed by atoms with E-state index in [-0.39, 0.29) is 12.5 Å². The maximum atomic E-state index is 12.5. The van der Waals surface area contributed by atoms with Crippen molar-refractivity contribution >= 4 is 5.91 Å². The second kappa shape index (κ2) is 7.61. The number of aromatic nitrogens is 2. The minimum atomic E-state index is -0.123. The lowest BCUT2D eigenvalue weighted by atomic mass is 10.2. The molecule has 0 unspecified atom stereocenters. The Morgan fingerprint density at radius 3 is 2.52 bits per heavy atom. The Labute approximate surface area is 146 Å². The van der Waals surface area contributed by atoms with Crippen LogP contribution in [0.3, 0.4) is 0 Å². The van der Waals surface area contributed by atoms with Crippen molar-refractivity contribution in [3.8, 4) is 17.1 Å². The van der Waals surface area contributed by atoms with Crippen molar-refractivity contribution in [3.63, 3.8) is 0 Å². The van der Waals surface area contributed by atoms with Gasteiger partial charge in [0.2, 0.25) is 11.7 Å². The van der Waals surface area contributed by atoms with E-state index in [0.29, 0.717) is 23.9 Å². The van der Waals surface area contributed by atoms with Crippen LogP contribution in [0.1, 0.15) is 23.2 Å². The summed E-state index contributed by atoms with van der Waals surface area (Å²) in [5.74, 6) is 1.52. The average molecular weight is 337 g/mol. The maximum Gasteiger partial charge on any atom is 0.254 e. The second-order valence-corrected chi connectivity index (χ2v) is 5.50. The largest absolute Gasteiger partial charge is 0.494 e. The third-order valence-corrected chi connectivity index (χ3v) is 3.63. The molecule has 25 heavy (non-hydrogen) atoms. The molecule has 0 saturated heterocycles. The highest BCUT2D eigenvalue weighted by Crippen LogP contribution is 2.17. The van der Waals surface area contributed by atoms with E-state index >= 15 is 0 Å². The topological polar surface area (TPSA) is 68.5 Å². The van der Waals surface area contributed by atoms with Crippen LogP contribution in [-0.2, 0) is 6.54 Å². The van der Waals surface area contributed by atoms with Gasteiger partial charge in [-0.2, -0.15) is 4.98 Å². The van der Waals surface area contributed by atoms with Gasteiger partial charge in [0.1, 0.15) is 5.75 Å². The highest BCUT2D eigenvalue weighted by Gasteiger charge is 2.16. The summed E-state index contributed by atoms with van der Waals surface area (Å²) in [6.45, 7) is 2.75. The van der Waals surface area contributed by atoms with Crippen LogP contribution >= 0.6 is 0 Å². The van der Waals surface area contributed by atoms with Gasteiger partial charge in [-0.1, -0.05) is 35.5 Å². The van der Waals surface area contributed by atoms with E-state index in [1.807, 2.05) is 37.3 Å². The Balaban J connectivity index is 1.66. The molecule has 0 atom stereocenters. The molecule has 3 rings (SSSR count). The Morgan fingerprint density at radius 2 is 1.84 bits per heavy atom. The summed E-state index contributed by atoms with van der Waals surface area (Å²) in [4.78, 5) is 18.4. The number of benzene rings is 2. The van der Waals surface area contributed by atoms with Crippen molar-refractivity contribution in [2.75, 3.05) is 13.7 Å². The first-order chi connectivity index (χ1) is 12.2. The molecule has 0 aliphatic rings. The molecule has 0 radical (unpaired) electrons. The van der Waals surface area contributed by atoms with E-state index in [1.165, 1.54) is 4.90 Å². The molecule has 1 amide bonds. The summed E-state index contributed by atoms with van der Waals surface area (Å²) in [5.41, 5.74) is 1.45. The molecule has 0 N–H and O–H groups in total. The van der Waals surface area contributed by atoms with E-state index in [1.54, 1.807) is 31.3 Å². The summed E-state index contributed by atoms with van der Waals surface area (Å²) < 4.78 is 10.6. The standard InChI is InChI=1S/C19H19N3O3/c1-3-24-16-11-9-15(10-12-16)19(23)22(2)13-17-20-18(21-25-17)14-7-5-4-6-8-14/h4-12H,3,13H2,1-2H3. The third-order valence-electron chi connectivity index (χ3n) is 3.63. The predicted octanol–water partition coefficient (Wildman–Crippen LogP) is 3.41. The number of rotatable bonds is 6. The van der Waals surface area contributed by atoms with E-state index < -0.39 is 0 Å². The van der Waals surface area contributed by atoms with Crippen molar-refractivity contribution in [2.45, 2.75) is 13.5 Å². The molecule has 1 heterocycles. The molecule has 6 heteroatoms. The molecule has 0 fully saturated rings. The van der Waals surface area contributed by atoms with Gasteiger partial charge in [-0.3, -0.25) is 4.79 Å². The highest BCUT2D eigenvalue weighted by molar-refractivity contribution is 5.94. The summed E-state index contributed by atoms with van der Waals surface area (Å²) in [7, 11) is 1.70. The fraction of sp³-hybridized carbons (Fsp3) is 0.211. The highest BCUT2D eigenvalue weighted by atomic mass is 16.5. The number of nitrogens with zero attached hydrogens (tertiary/aromatic N) is 3. The van der Waals surface area contributed by atoms with Crippen LogP contribution in [-0.4, -0.2) is 34.6 Å². The Hall–Kier alpha value is -3.15. The van der Waals surface area contributed by atoms with Crippen LogP contribution in [0.4, 0.5) is 0 Å². The van der Waals surface area contributed by atoms with Crippen molar-refractivity contribution in [2.24, 2.45) is 0 Å². The maximum absolute atomic E-state index is 12.5. The van der Waals surface area contributed by atoms with Gasteiger partial charge in [0, 0.05) is 18.2 Å². The lowest BCUT2D eigenvalue weighted by molar-refractivity contribution is 0.0769. The number of amides is 1. The van der Waals surface area contributed by atoms with Crippen molar-refractivity contribution in [1.29, 1.82) is 0 Å². The van der Waals surface area contributed by atoms with E-state index in [0.717, 1.165) is 11.3 Å². The fourth-order valence-corrected chi connectivity index (χ4v) is 2.38. The Morgan fingerprint density at radius 1 is 1.12 bits per heavy atom. The van der Waals surface area contributed by atoms with E-state index in [4.69, 9.17) is 9.26 Å². The van der Waals surface area contributed by atoms with E-state index in [2.05, 4.69) is 10.1 Å². The minimum Gasteiger partial charge on any atom is -0.494 e. The number of carbonyl (C=O) groups is 1. The molecular weight excluding hydrogens is 318 g/mol. The summed E-state index contributed by atoms with van der Waals surface area (Å²) >= 11 is 0. The molecule has 0 spiro atoms. The SMILES string of the molecule is CCOc1ccc(C(=O)N(C)Cc2nc(-c3ccccc3)no2)cc1. The number of ether oxygens (including phenoxy) is 1. The fourth-order valence-electron chi connectivity index (χ4n) is 2.38. The van der Waals surface area contributed by atoms with Crippen LogP contribution in [0.5, 0.6) is 5.75 Å². The van der Waals surface area contributed by atoms with Crippen LogP contribution in [0.15, 0.2) is 59.1 Å². The van der Waals surface area contributed by atoms with Gasteiger partial charge < -0.3 is 14.2 Å². The van der Waals surface area contributed by atoms with Crippen molar-refractivity contribution < 1.29 is 14.1 Å². The van der Waals surface area contributed by atoms with Gasteiger partial charge in [-0.25, -0.2) is 0 Å². The van der Waals surface area contributed by atoms with Gasteiger partial charge in [0.25, 0.3) is 5.91 Å². The second-order valence-electron chi connectivity index (χ2n) is 5.50. The van der Waals surface area contributed by atoms with Crippen molar-refractivity contribution in [1.82, 2.24) is 15.0 Å². The molecule has 3 aromatic rings. The Kier molecular flexibility index (Phi) is 5.09. The van der Waals surface area contributed by atoms with Gasteiger partial charge >= 0.3 is 0 Å². The quantitative estimate of drug-likeness (QED) is 0.689. The normalized spacial score (nSPS) is 10.5. The molecule has 0 aliphatic heterocycles. The van der Waals surface area contributed by atoms with Crippen LogP contribution < -0.4 is 4.74 Å².